The molecule has 1 aliphatic carbocycles. The third-order valence-corrected chi connectivity index (χ3v) is 2.35. The lowest BCUT2D eigenvalue weighted by Crippen LogP contribution is -1.98. The SMILES string of the molecule is CCCCCCOC1=CC=C(F)CC1. The second kappa shape index (κ2) is 6.63. The van der Waals surface area contributed by atoms with E-state index in [1.54, 1.807) is 6.08 Å². The second-order valence-corrected chi connectivity index (χ2v) is 3.66. The predicted octanol–water partition coefficient (Wildman–Crippen LogP) is 4.11. The van der Waals surface area contributed by atoms with E-state index in [1.807, 2.05) is 0 Å². The molecule has 0 unspecified atom stereocenters. The molecule has 0 fully saturated rings. The highest BCUT2D eigenvalue weighted by molar-refractivity contribution is 5.16. The molecule has 0 N–H and O–H groups in total. The van der Waals surface area contributed by atoms with Crippen molar-refractivity contribution in [3.05, 3.63) is 23.7 Å². The molecular formula is C12H19FO. The summed E-state index contributed by atoms with van der Waals surface area (Å²) in [5.74, 6) is 0.895. The predicted molar refractivity (Wildman–Crippen MR) is 56.6 cm³/mol. The third kappa shape index (κ3) is 4.45. The van der Waals surface area contributed by atoms with Crippen molar-refractivity contribution in [2.24, 2.45) is 0 Å². The number of allylic oxidation sites excluding steroid dienone is 4. The fraction of sp³-hybridized carbons (Fsp3) is 0.667. The van der Waals surface area contributed by atoms with Crippen molar-refractivity contribution in [3.8, 4) is 0 Å². The van der Waals surface area contributed by atoms with Crippen molar-refractivity contribution in [1.29, 1.82) is 0 Å². The van der Waals surface area contributed by atoms with Crippen LogP contribution >= 0.6 is 0 Å². The fourth-order valence-corrected chi connectivity index (χ4v) is 1.45. The van der Waals surface area contributed by atoms with E-state index in [1.165, 1.54) is 25.3 Å². The maximum Gasteiger partial charge on any atom is 0.100 e. The number of hydrogen-bond acceptors (Lipinski definition) is 1. The Labute approximate surface area is 85.6 Å². The Morgan fingerprint density at radius 1 is 1.21 bits per heavy atom. The summed E-state index contributed by atoms with van der Waals surface area (Å²) in [6.45, 7) is 2.97. The molecule has 0 aromatic heterocycles. The van der Waals surface area contributed by atoms with E-state index in [2.05, 4.69) is 6.92 Å². The van der Waals surface area contributed by atoms with Crippen LogP contribution in [0.1, 0.15) is 45.4 Å². The molecule has 1 nitrogen and oxygen atoms in total. The number of ether oxygens (including phenoxy) is 1. The van der Waals surface area contributed by atoms with Gasteiger partial charge in [0.1, 0.15) is 5.83 Å². The van der Waals surface area contributed by atoms with Crippen LogP contribution in [0.4, 0.5) is 4.39 Å². The lowest BCUT2D eigenvalue weighted by atomic mass is 10.1. The van der Waals surface area contributed by atoms with Crippen molar-refractivity contribution in [2.75, 3.05) is 6.61 Å². The smallest absolute Gasteiger partial charge is 0.100 e. The highest BCUT2D eigenvalue weighted by Gasteiger charge is 2.05. The van der Waals surface area contributed by atoms with Gasteiger partial charge in [-0.1, -0.05) is 26.2 Å². The Bertz CT molecular complexity index is 218. The molecule has 0 saturated heterocycles. The van der Waals surface area contributed by atoms with Crippen LogP contribution in [0.3, 0.4) is 0 Å². The largest absolute Gasteiger partial charge is 0.498 e. The topological polar surface area (TPSA) is 9.23 Å². The zero-order valence-electron chi connectivity index (χ0n) is 8.89. The van der Waals surface area contributed by atoms with Gasteiger partial charge in [0.15, 0.2) is 0 Å². The van der Waals surface area contributed by atoms with E-state index < -0.39 is 0 Å². The van der Waals surface area contributed by atoms with Crippen molar-refractivity contribution in [3.63, 3.8) is 0 Å². The normalized spacial score (nSPS) is 16.1. The standard InChI is InChI=1S/C12H19FO/c1-2-3-4-5-10-14-12-8-6-11(13)7-9-12/h6,8H,2-5,7,9-10H2,1H3. The molecule has 0 atom stereocenters. The van der Waals surface area contributed by atoms with Crippen molar-refractivity contribution >= 4 is 0 Å². The summed E-state index contributed by atoms with van der Waals surface area (Å²) in [6.07, 6.45) is 9.33. The monoisotopic (exact) mass is 198 g/mol. The Hall–Kier alpha value is -0.790. The van der Waals surface area contributed by atoms with Crippen LogP contribution in [0.15, 0.2) is 23.7 Å². The first-order chi connectivity index (χ1) is 6.83. The van der Waals surface area contributed by atoms with Gasteiger partial charge in [-0.2, -0.15) is 0 Å². The van der Waals surface area contributed by atoms with Gasteiger partial charge in [-0.3, -0.25) is 0 Å². The Morgan fingerprint density at radius 3 is 2.71 bits per heavy atom. The minimum atomic E-state index is -0.0386. The Kier molecular flexibility index (Phi) is 5.35. The highest BCUT2D eigenvalue weighted by atomic mass is 19.1. The molecular weight excluding hydrogens is 179 g/mol. The van der Waals surface area contributed by atoms with Crippen LogP contribution in [0.5, 0.6) is 0 Å². The Morgan fingerprint density at radius 2 is 2.07 bits per heavy atom. The van der Waals surface area contributed by atoms with Crippen LogP contribution in [-0.4, -0.2) is 6.61 Å². The van der Waals surface area contributed by atoms with Crippen molar-refractivity contribution < 1.29 is 9.13 Å². The highest BCUT2D eigenvalue weighted by Crippen LogP contribution is 2.19. The molecule has 80 valence electrons. The average molecular weight is 198 g/mol. The maximum absolute atomic E-state index is 12.6. The summed E-state index contributed by atoms with van der Waals surface area (Å²) in [4.78, 5) is 0. The molecule has 14 heavy (non-hydrogen) atoms. The van der Waals surface area contributed by atoms with E-state index in [-0.39, 0.29) is 5.83 Å². The Balaban J connectivity index is 2.07. The minimum absolute atomic E-state index is 0.0386. The third-order valence-electron chi connectivity index (χ3n) is 2.35. The van der Waals surface area contributed by atoms with Crippen LogP contribution in [0.25, 0.3) is 0 Å². The summed E-state index contributed by atoms with van der Waals surface area (Å²) in [7, 11) is 0. The van der Waals surface area contributed by atoms with Gasteiger partial charge in [0, 0.05) is 12.8 Å². The van der Waals surface area contributed by atoms with Crippen LogP contribution in [-0.2, 0) is 4.74 Å². The zero-order chi connectivity index (χ0) is 10.2. The first-order valence-electron chi connectivity index (χ1n) is 5.51. The van der Waals surface area contributed by atoms with Gasteiger partial charge in [0.05, 0.1) is 12.4 Å². The zero-order valence-corrected chi connectivity index (χ0v) is 8.89. The van der Waals surface area contributed by atoms with E-state index in [0.29, 0.717) is 6.42 Å². The molecule has 1 rings (SSSR count). The summed E-state index contributed by atoms with van der Waals surface area (Å²) in [6, 6.07) is 0. The number of rotatable bonds is 6. The quantitative estimate of drug-likeness (QED) is 0.583. The van der Waals surface area contributed by atoms with Gasteiger partial charge in [-0.15, -0.1) is 0 Å². The first-order valence-corrected chi connectivity index (χ1v) is 5.51. The number of hydrogen-bond donors (Lipinski definition) is 0. The van der Waals surface area contributed by atoms with E-state index in [4.69, 9.17) is 4.74 Å². The van der Waals surface area contributed by atoms with Gasteiger partial charge in [0.25, 0.3) is 0 Å². The van der Waals surface area contributed by atoms with E-state index in [9.17, 15) is 4.39 Å². The van der Waals surface area contributed by atoms with Gasteiger partial charge < -0.3 is 4.74 Å². The van der Waals surface area contributed by atoms with Gasteiger partial charge in [-0.25, -0.2) is 4.39 Å². The van der Waals surface area contributed by atoms with Gasteiger partial charge in [0.2, 0.25) is 0 Å². The number of unbranched alkanes of at least 4 members (excludes halogenated alkanes) is 3. The molecule has 0 amide bonds. The lowest BCUT2D eigenvalue weighted by molar-refractivity contribution is 0.193. The first kappa shape index (κ1) is 11.3. The van der Waals surface area contributed by atoms with E-state index >= 15 is 0 Å². The minimum Gasteiger partial charge on any atom is -0.498 e. The summed E-state index contributed by atoms with van der Waals surface area (Å²) in [5, 5.41) is 0. The molecule has 0 bridgehead atoms. The fourth-order valence-electron chi connectivity index (χ4n) is 1.45. The van der Waals surface area contributed by atoms with Crippen molar-refractivity contribution in [1.82, 2.24) is 0 Å². The molecule has 0 heterocycles. The summed E-state index contributed by atoms with van der Waals surface area (Å²) >= 11 is 0. The molecule has 1 aliphatic rings. The van der Waals surface area contributed by atoms with Gasteiger partial charge >= 0.3 is 0 Å². The molecule has 0 aromatic carbocycles. The summed E-state index contributed by atoms with van der Waals surface area (Å²) < 4.78 is 18.1. The molecule has 0 spiro atoms. The van der Waals surface area contributed by atoms with E-state index in [0.717, 1.165) is 25.2 Å². The maximum atomic E-state index is 12.6. The molecule has 0 aliphatic heterocycles. The molecule has 0 saturated carbocycles. The number of halogens is 1. The van der Waals surface area contributed by atoms with Crippen LogP contribution in [0.2, 0.25) is 0 Å². The lowest BCUT2D eigenvalue weighted by Gasteiger charge is -2.12. The van der Waals surface area contributed by atoms with Crippen LogP contribution in [0, 0.1) is 0 Å². The van der Waals surface area contributed by atoms with Gasteiger partial charge in [-0.05, 0) is 18.6 Å². The molecule has 0 aromatic rings. The summed E-state index contributed by atoms with van der Waals surface area (Å²) in [5.41, 5.74) is 0. The average Bonchev–Trinajstić information content (AvgIpc) is 2.21. The second-order valence-electron chi connectivity index (χ2n) is 3.66. The molecule has 0 radical (unpaired) electrons. The molecule has 2 heteroatoms. The van der Waals surface area contributed by atoms with Crippen molar-refractivity contribution in [2.45, 2.75) is 45.4 Å². The van der Waals surface area contributed by atoms with Crippen LogP contribution < -0.4 is 0 Å².